The fraction of sp³-hybridized carbons (Fsp3) is 0.143. The normalized spacial score (nSPS) is 12.0. The zero-order chi connectivity index (χ0) is 28.2. The molecule has 0 fully saturated rings. The van der Waals surface area contributed by atoms with Crippen LogP contribution in [0.1, 0.15) is 5.69 Å². The van der Waals surface area contributed by atoms with Crippen molar-refractivity contribution in [3.63, 3.8) is 0 Å². The number of nitrogens with zero attached hydrogens (tertiary/aromatic N) is 2. The van der Waals surface area contributed by atoms with E-state index in [0.717, 1.165) is 38.5 Å². The van der Waals surface area contributed by atoms with E-state index in [1.165, 1.54) is 11.3 Å². The Kier molecular flexibility index (Phi) is 8.24. The number of hydrogen-bond donors (Lipinski definition) is 3. The van der Waals surface area contributed by atoms with Crippen molar-refractivity contribution in [2.24, 2.45) is 5.73 Å². The van der Waals surface area contributed by atoms with Crippen LogP contribution in [0.2, 0.25) is 0 Å². The molecule has 0 unspecified atom stereocenters. The molecule has 40 heavy (non-hydrogen) atoms. The summed E-state index contributed by atoms with van der Waals surface area (Å²) < 4.78 is 48.8. The van der Waals surface area contributed by atoms with E-state index in [2.05, 4.69) is 20.6 Å². The number of sulfone groups is 2. The molecule has 5 aromatic rings. The molecule has 0 bridgehead atoms. The lowest BCUT2D eigenvalue weighted by atomic mass is 10.1. The average Bonchev–Trinajstić information content (AvgIpc) is 3.45. The second kappa shape index (κ2) is 11.8. The van der Waals surface area contributed by atoms with Gasteiger partial charge in [-0.15, -0.1) is 11.3 Å². The summed E-state index contributed by atoms with van der Waals surface area (Å²) in [6.07, 6.45) is 1.72. The second-order valence-corrected chi connectivity index (χ2v) is 14.0. The van der Waals surface area contributed by atoms with Crippen LogP contribution < -0.4 is 16.4 Å². The molecular weight excluding hydrogens is 567 g/mol. The highest BCUT2D eigenvalue weighted by atomic mass is 32.2. The van der Waals surface area contributed by atoms with Gasteiger partial charge in [-0.2, -0.15) is 0 Å². The van der Waals surface area contributed by atoms with Gasteiger partial charge >= 0.3 is 0 Å². The number of thiazole rings is 1. The molecule has 0 atom stereocenters. The van der Waals surface area contributed by atoms with Crippen LogP contribution >= 0.6 is 11.3 Å². The molecule has 5 rings (SSSR count). The van der Waals surface area contributed by atoms with E-state index >= 15 is 0 Å². The van der Waals surface area contributed by atoms with E-state index in [-0.39, 0.29) is 21.4 Å². The van der Waals surface area contributed by atoms with E-state index in [4.69, 9.17) is 5.73 Å². The summed E-state index contributed by atoms with van der Waals surface area (Å²) in [5, 5.41) is 10.1. The van der Waals surface area contributed by atoms with E-state index in [1.807, 2.05) is 29.6 Å². The summed E-state index contributed by atoms with van der Waals surface area (Å²) in [7, 11) is -6.80. The summed E-state index contributed by atoms with van der Waals surface area (Å²) in [5.41, 5.74) is 9.36. The molecule has 3 aromatic carbocycles. The predicted molar refractivity (Wildman–Crippen MR) is 159 cm³/mol. The predicted octanol–water partition coefficient (Wildman–Crippen LogP) is 4.36. The Morgan fingerprint density at radius 1 is 0.875 bits per heavy atom. The first-order valence-corrected chi connectivity index (χ1v) is 16.6. The number of hydrogen-bond acceptors (Lipinski definition) is 10. The van der Waals surface area contributed by atoms with E-state index < -0.39 is 19.7 Å². The van der Waals surface area contributed by atoms with Crippen LogP contribution in [-0.2, 0) is 26.2 Å². The van der Waals surface area contributed by atoms with Crippen molar-refractivity contribution in [1.82, 2.24) is 15.3 Å². The standard InChI is InChI=1S/C28H27N5O4S3/c29-19-39(34,35)15-14-30-17-22-18-38-28(33-22)20-6-11-25-26(12-13-31-27(25)16-20)32-21-7-9-24(10-8-21)40(36,37)23-4-2-1-3-5-23/h1-13,16,18,30H,14-15,17,19,29H2,(H,31,32). The molecule has 2 heterocycles. The molecule has 0 radical (unpaired) electrons. The molecule has 0 saturated heterocycles. The fourth-order valence-electron chi connectivity index (χ4n) is 4.05. The van der Waals surface area contributed by atoms with Gasteiger partial charge in [0.25, 0.3) is 0 Å². The van der Waals surface area contributed by atoms with Crippen molar-refractivity contribution >= 4 is 53.3 Å². The molecule has 206 valence electrons. The zero-order valence-electron chi connectivity index (χ0n) is 21.3. The van der Waals surface area contributed by atoms with Crippen LogP contribution in [0.15, 0.2) is 100 Å². The average molecular weight is 594 g/mol. The highest BCUT2D eigenvalue weighted by Gasteiger charge is 2.17. The smallest absolute Gasteiger partial charge is 0.206 e. The number of aromatic nitrogens is 2. The Balaban J connectivity index is 1.29. The van der Waals surface area contributed by atoms with E-state index in [1.54, 1.807) is 60.8 Å². The topological polar surface area (TPSA) is 144 Å². The van der Waals surface area contributed by atoms with Crippen molar-refractivity contribution < 1.29 is 16.8 Å². The van der Waals surface area contributed by atoms with Crippen LogP contribution in [-0.4, -0.2) is 45.0 Å². The molecular formula is C28H27N5O4S3. The van der Waals surface area contributed by atoms with Gasteiger partial charge in [0, 0.05) is 47.0 Å². The first-order chi connectivity index (χ1) is 19.2. The number of rotatable bonds is 11. The maximum Gasteiger partial charge on any atom is 0.206 e. The molecule has 0 aliphatic carbocycles. The fourth-order valence-corrected chi connectivity index (χ4v) is 6.77. The van der Waals surface area contributed by atoms with Crippen LogP contribution in [0.25, 0.3) is 21.5 Å². The van der Waals surface area contributed by atoms with Gasteiger partial charge in [0.05, 0.1) is 32.6 Å². The number of nitrogens with two attached hydrogens (primary N) is 1. The van der Waals surface area contributed by atoms with Gasteiger partial charge in [-0.05, 0) is 48.5 Å². The molecule has 0 amide bonds. The van der Waals surface area contributed by atoms with Gasteiger partial charge in [-0.3, -0.25) is 4.98 Å². The highest BCUT2D eigenvalue weighted by molar-refractivity contribution is 7.91. The largest absolute Gasteiger partial charge is 0.355 e. The molecule has 9 nitrogen and oxygen atoms in total. The van der Waals surface area contributed by atoms with Gasteiger partial charge in [0.1, 0.15) is 5.01 Å². The Bertz CT molecular complexity index is 1840. The van der Waals surface area contributed by atoms with Crippen LogP contribution in [0, 0.1) is 0 Å². The number of anilines is 2. The summed E-state index contributed by atoms with van der Waals surface area (Å²) in [6, 6.07) is 22.8. The second-order valence-electron chi connectivity index (χ2n) is 8.99. The molecule has 0 aliphatic rings. The van der Waals surface area contributed by atoms with Gasteiger partial charge in [-0.1, -0.05) is 30.3 Å². The Morgan fingerprint density at radius 3 is 2.38 bits per heavy atom. The van der Waals surface area contributed by atoms with Gasteiger partial charge in [0.2, 0.25) is 9.84 Å². The molecule has 12 heteroatoms. The quantitative estimate of drug-likeness (QED) is 0.190. The van der Waals surface area contributed by atoms with Gasteiger partial charge in [-0.25, -0.2) is 21.8 Å². The molecule has 2 aromatic heterocycles. The number of benzene rings is 3. The van der Waals surface area contributed by atoms with E-state index in [0.29, 0.717) is 13.1 Å². The lowest BCUT2D eigenvalue weighted by Gasteiger charge is -2.11. The summed E-state index contributed by atoms with van der Waals surface area (Å²) in [6.45, 7) is 0.773. The number of nitrogens with one attached hydrogen (secondary N) is 2. The first-order valence-electron chi connectivity index (χ1n) is 12.4. The lowest BCUT2D eigenvalue weighted by Crippen LogP contribution is -2.26. The van der Waals surface area contributed by atoms with Crippen molar-refractivity contribution in [2.45, 2.75) is 16.3 Å². The third kappa shape index (κ3) is 6.37. The molecule has 0 aliphatic heterocycles. The maximum absolute atomic E-state index is 12.9. The van der Waals surface area contributed by atoms with Gasteiger partial charge in [0.15, 0.2) is 9.84 Å². The third-order valence-electron chi connectivity index (χ3n) is 6.19. The minimum atomic E-state index is -3.58. The molecule has 0 saturated carbocycles. The summed E-state index contributed by atoms with van der Waals surface area (Å²) in [5.74, 6) is -0.363. The molecule has 4 N–H and O–H groups in total. The maximum atomic E-state index is 12.9. The zero-order valence-corrected chi connectivity index (χ0v) is 23.8. The Labute approximate surface area is 237 Å². The van der Waals surface area contributed by atoms with Crippen LogP contribution in [0.3, 0.4) is 0 Å². The van der Waals surface area contributed by atoms with Crippen molar-refractivity contribution in [3.8, 4) is 10.6 Å². The monoisotopic (exact) mass is 593 g/mol. The lowest BCUT2D eigenvalue weighted by molar-refractivity contribution is 0.590. The first kappa shape index (κ1) is 27.9. The van der Waals surface area contributed by atoms with Crippen molar-refractivity contribution in [2.75, 3.05) is 23.5 Å². The van der Waals surface area contributed by atoms with Crippen molar-refractivity contribution in [3.05, 3.63) is 96.1 Å². The van der Waals surface area contributed by atoms with Crippen LogP contribution in [0.4, 0.5) is 11.4 Å². The third-order valence-corrected chi connectivity index (χ3v) is 10.2. The van der Waals surface area contributed by atoms with Crippen molar-refractivity contribution in [1.29, 1.82) is 0 Å². The number of pyridine rings is 1. The minimum absolute atomic E-state index is 0.00978. The summed E-state index contributed by atoms with van der Waals surface area (Å²) in [4.78, 5) is 9.68. The van der Waals surface area contributed by atoms with E-state index in [9.17, 15) is 16.8 Å². The SMILES string of the molecule is NCS(=O)(=O)CCNCc1csc(-c2ccc3c(Nc4ccc(S(=O)(=O)c5ccccc5)cc4)ccnc3c2)n1. The number of fused-ring (bicyclic) bond motifs is 1. The minimum Gasteiger partial charge on any atom is -0.355 e. The Morgan fingerprint density at radius 2 is 1.62 bits per heavy atom. The highest BCUT2D eigenvalue weighted by Crippen LogP contribution is 2.31. The summed E-state index contributed by atoms with van der Waals surface area (Å²) >= 11 is 1.51. The van der Waals surface area contributed by atoms with Crippen LogP contribution in [0.5, 0.6) is 0 Å². The molecule has 0 spiro atoms. The Hall–Kier alpha value is -3.68. The van der Waals surface area contributed by atoms with Gasteiger partial charge < -0.3 is 16.4 Å².